The molecule has 0 saturated heterocycles. The number of aliphatic hydroxyl groups is 4. The van der Waals surface area contributed by atoms with Crippen LogP contribution in [0.5, 0.6) is 0 Å². The predicted molar refractivity (Wildman–Crippen MR) is 46.4 cm³/mol. The summed E-state index contributed by atoms with van der Waals surface area (Å²) >= 11 is 0. The van der Waals surface area contributed by atoms with Gasteiger partial charge in [0.1, 0.15) is 0 Å². The van der Waals surface area contributed by atoms with E-state index in [4.69, 9.17) is 20.4 Å². The largest absolute Gasteiger partial charge is 0.400 e. The second-order valence-corrected chi connectivity index (χ2v) is 1.41. The summed E-state index contributed by atoms with van der Waals surface area (Å²) in [5.41, 5.74) is 0. The Morgan fingerprint density at radius 2 is 1.00 bits per heavy atom. The summed E-state index contributed by atoms with van der Waals surface area (Å²) in [5, 5.41) is 29.6. The average Bonchev–Trinajstić information content (AvgIpc) is 1.96. The maximum atomic E-state index is 8.06. The molecule has 0 aliphatic carbocycles. The van der Waals surface area contributed by atoms with E-state index < -0.39 is 0 Å². The van der Waals surface area contributed by atoms with Gasteiger partial charge in [0.05, 0.1) is 0 Å². The van der Waals surface area contributed by atoms with Crippen molar-refractivity contribution in [2.75, 3.05) is 20.8 Å². The van der Waals surface area contributed by atoms with Crippen LogP contribution in [0.15, 0.2) is 0 Å². The van der Waals surface area contributed by atoms with Crippen LogP contribution in [0, 0.1) is 0 Å². The van der Waals surface area contributed by atoms with Crippen molar-refractivity contribution in [1.82, 2.24) is 0 Å². The Hall–Kier alpha value is 0.554. The molecule has 0 aliphatic rings. The first-order valence-corrected chi connectivity index (χ1v) is 3.33. The SMILES string of the molecule is CC(C)O.CCO.CO.CO.[Ti]. The minimum absolute atomic E-state index is 0. The van der Waals surface area contributed by atoms with Crippen LogP contribution in [0.1, 0.15) is 20.8 Å². The van der Waals surface area contributed by atoms with E-state index in [0.717, 1.165) is 14.2 Å². The van der Waals surface area contributed by atoms with Crippen molar-refractivity contribution in [3.63, 3.8) is 0 Å². The van der Waals surface area contributed by atoms with Crippen molar-refractivity contribution in [2.24, 2.45) is 0 Å². The van der Waals surface area contributed by atoms with E-state index in [1.165, 1.54) is 0 Å². The van der Waals surface area contributed by atoms with Gasteiger partial charge in [-0.05, 0) is 20.8 Å². The third kappa shape index (κ3) is 3140. The molecule has 0 saturated carbocycles. The van der Waals surface area contributed by atoms with Crippen molar-refractivity contribution in [2.45, 2.75) is 26.9 Å². The van der Waals surface area contributed by atoms with E-state index in [1.54, 1.807) is 20.8 Å². The Labute approximate surface area is 90.1 Å². The van der Waals surface area contributed by atoms with Crippen molar-refractivity contribution in [1.29, 1.82) is 0 Å². The second kappa shape index (κ2) is 62.1. The average molecular weight is 218 g/mol. The summed E-state index contributed by atoms with van der Waals surface area (Å²) in [6, 6.07) is 0. The second-order valence-electron chi connectivity index (χ2n) is 1.41. The Balaban J connectivity index is -0.0000000186. The summed E-state index contributed by atoms with van der Waals surface area (Å²) < 4.78 is 0. The van der Waals surface area contributed by atoms with Gasteiger partial charge in [-0.2, -0.15) is 0 Å². The predicted octanol–water partition coefficient (Wildman–Crippen LogP) is -0.400. The molecule has 0 unspecified atom stereocenters. The van der Waals surface area contributed by atoms with Crippen LogP contribution in [0.25, 0.3) is 0 Å². The maximum Gasteiger partial charge on any atom is 0.0483 e. The number of hydrogen-bond acceptors (Lipinski definition) is 4. The van der Waals surface area contributed by atoms with Crippen LogP contribution in [-0.2, 0) is 21.7 Å². The van der Waals surface area contributed by atoms with E-state index in [2.05, 4.69) is 0 Å². The van der Waals surface area contributed by atoms with Crippen molar-refractivity contribution >= 4 is 0 Å². The monoisotopic (exact) mass is 218 g/mol. The third-order valence-corrected chi connectivity index (χ3v) is 0. The van der Waals surface area contributed by atoms with Gasteiger partial charge in [-0.3, -0.25) is 0 Å². The number of aliphatic hydroxyl groups excluding tert-OH is 4. The Morgan fingerprint density at radius 1 is 1.00 bits per heavy atom. The summed E-state index contributed by atoms with van der Waals surface area (Å²) in [5.74, 6) is 0. The fraction of sp³-hybridized carbons (Fsp3) is 1.00. The molecule has 0 fully saturated rings. The minimum atomic E-state index is -0.167. The van der Waals surface area contributed by atoms with Gasteiger partial charge in [-0.1, -0.05) is 0 Å². The molecule has 78 valence electrons. The van der Waals surface area contributed by atoms with Crippen molar-refractivity contribution in [3.05, 3.63) is 0 Å². The molecule has 4 nitrogen and oxygen atoms in total. The van der Waals surface area contributed by atoms with Gasteiger partial charge in [0.15, 0.2) is 0 Å². The first kappa shape index (κ1) is 29.4. The first-order valence-electron chi connectivity index (χ1n) is 3.33. The maximum absolute atomic E-state index is 8.06. The van der Waals surface area contributed by atoms with Gasteiger partial charge in [0.25, 0.3) is 0 Å². The van der Waals surface area contributed by atoms with E-state index in [0.29, 0.717) is 0 Å². The fourth-order valence-electron chi connectivity index (χ4n) is 0. The summed E-state index contributed by atoms with van der Waals surface area (Å²) in [7, 11) is 2.00. The molecular weight excluding hydrogens is 196 g/mol. The van der Waals surface area contributed by atoms with Gasteiger partial charge in [0.2, 0.25) is 0 Å². The minimum Gasteiger partial charge on any atom is -0.400 e. The normalized spacial score (nSPS) is 5.50. The molecule has 0 rings (SSSR count). The molecule has 5 heteroatoms. The molecule has 4 N–H and O–H groups in total. The molecule has 0 aromatic rings. The topological polar surface area (TPSA) is 80.9 Å². The van der Waals surface area contributed by atoms with E-state index in [-0.39, 0.29) is 34.4 Å². The van der Waals surface area contributed by atoms with Crippen LogP contribution in [0.3, 0.4) is 0 Å². The van der Waals surface area contributed by atoms with Gasteiger partial charge >= 0.3 is 0 Å². The van der Waals surface area contributed by atoms with E-state index in [1.807, 2.05) is 0 Å². The van der Waals surface area contributed by atoms with E-state index in [9.17, 15) is 0 Å². The number of rotatable bonds is 0. The van der Waals surface area contributed by atoms with Crippen LogP contribution in [0.4, 0.5) is 0 Å². The third-order valence-electron chi connectivity index (χ3n) is 0. The van der Waals surface area contributed by atoms with Crippen molar-refractivity contribution < 1.29 is 42.1 Å². The van der Waals surface area contributed by atoms with Crippen LogP contribution in [0.2, 0.25) is 0 Å². The molecule has 0 radical (unpaired) electrons. The number of hydrogen-bond donors (Lipinski definition) is 4. The summed E-state index contributed by atoms with van der Waals surface area (Å²) in [6.07, 6.45) is -0.167. The molecule has 0 bridgehead atoms. The zero-order valence-corrected chi connectivity index (χ0v) is 10.1. The van der Waals surface area contributed by atoms with Gasteiger partial charge in [0, 0.05) is 48.6 Å². The molecule has 0 heterocycles. The zero-order valence-electron chi connectivity index (χ0n) is 8.57. The molecule has 0 atom stereocenters. The van der Waals surface area contributed by atoms with Crippen LogP contribution in [-0.4, -0.2) is 47.4 Å². The summed E-state index contributed by atoms with van der Waals surface area (Å²) in [4.78, 5) is 0. The summed E-state index contributed by atoms with van der Waals surface area (Å²) in [6.45, 7) is 5.38. The molecule has 0 aromatic heterocycles. The molecular formula is C7H22O4Ti. The first-order chi connectivity index (χ1) is 5.15. The van der Waals surface area contributed by atoms with Crippen LogP contribution >= 0.6 is 0 Å². The molecule has 0 amide bonds. The molecule has 0 spiro atoms. The van der Waals surface area contributed by atoms with Crippen molar-refractivity contribution in [3.8, 4) is 0 Å². The molecule has 0 aliphatic heterocycles. The standard InChI is InChI=1S/C3H8O.C2H6O.2CH4O.Ti/c1-3(2)4;1-2-3;2*1-2;/h3-4H,1-2H3;3H,2H2,1H3;2*2H,1H3;. The Bertz CT molecular complexity index is 26.6. The van der Waals surface area contributed by atoms with Gasteiger partial charge in [-0.25, -0.2) is 0 Å². The quantitative estimate of drug-likeness (QED) is 0.417. The zero-order chi connectivity index (χ0) is 10.3. The van der Waals surface area contributed by atoms with E-state index >= 15 is 0 Å². The van der Waals surface area contributed by atoms with Gasteiger partial charge < -0.3 is 20.4 Å². The fourth-order valence-corrected chi connectivity index (χ4v) is 0. The Kier molecular flexibility index (Phi) is 152. The molecule has 0 aromatic carbocycles. The Morgan fingerprint density at radius 3 is 1.00 bits per heavy atom. The van der Waals surface area contributed by atoms with Crippen LogP contribution < -0.4 is 0 Å². The smallest absolute Gasteiger partial charge is 0.0483 e. The van der Waals surface area contributed by atoms with Gasteiger partial charge in [-0.15, -0.1) is 0 Å². The molecule has 12 heavy (non-hydrogen) atoms.